The summed E-state index contributed by atoms with van der Waals surface area (Å²) in [5.41, 5.74) is 1.74. The van der Waals surface area contributed by atoms with Gasteiger partial charge in [0.05, 0.1) is 22.7 Å². The van der Waals surface area contributed by atoms with Crippen molar-refractivity contribution >= 4 is 44.8 Å². The number of hydrogen-bond donors (Lipinski definition) is 2. The van der Waals surface area contributed by atoms with Crippen LogP contribution >= 0.6 is 23.2 Å². The Morgan fingerprint density at radius 3 is 2.41 bits per heavy atom. The summed E-state index contributed by atoms with van der Waals surface area (Å²) in [5, 5.41) is 3.35. The molecule has 3 rings (SSSR count). The van der Waals surface area contributed by atoms with Crippen LogP contribution in [0.1, 0.15) is 11.1 Å². The third-order valence-electron chi connectivity index (χ3n) is 4.76. The van der Waals surface area contributed by atoms with Crippen molar-refractivity contribution < 1.29 is 17.9 Å². The van der Waals surface area contributed by atoms with Gasteiger partial charge < -0.3 is 10.1 Å². The third kappa shape index (κ3) is 6.01. The summed E-state index contributed by atoms with van der Waals surface area (Å²) >= 11 is 12.2. The summed E-state index contributed by atoms with van der Waals surface area (Å²) in [6.07, 6.45) is 0.138. The summed E-state index contributed by atoms with van der Waals surface area (Å²) in [6.45, 7) is 1.74. The summed E-state index contributed by atoms with van der Waals surface area (Å²) in [7, 11) is -2.50. The Hall–Kier alpha value is -2.58. The second-order valence-corrected chi connectivity index (χ2v) is 9.67. The maximum absolute atomic E-state index is 13.1. The van der Waals surface area contributed by atoms with Gasteiger partial charge in [-0.3, -0.25) is 4.79 Å². The molecule has 168 valence electrons. The molecule has 6 nitrogen and oxygen atoms in total. The molecule has 0 bridgehead atoms. The summed E-state index contributed by atoms with van der Waals surface area (Å²) in [5.74, 6) is 0.00459. The zero-order valence-electron chi connectivity index (χ0n) is 17.4. The van der Waals surface area contributed by atoms with Crippen molar-refractivity contribution in [3.63, 3.8) is 0 Å². The second kappa shape index (κ2) is 10.4. The minimum atomic E-state index is -4.01. The molecule has 0 saturated heterocycles. The topological polar surface area (TPSA) is 84.5 Å². The highest BCUT2D eigenvalue weighted by Gasteiger charge is 2.27. The normalized spacial score (nSPS) is 12.2. The highest BCUT2D eigenvalue weighted by atomic mass is 35.5. The molecule has 0 fully saturated rings. The SMILES string of the molecule is COc1ccc(S(=O)(=O)N[C@H](Cc2ccccc2)C(=O)Nc2cc(Cl)ccc2Cl)cc1C. The van der Waals surface area contributed by atoms with Crippen molar-refractivity contribution in [1.82, 2.24) is 4.72 Å². The Morgan fingerprint density at radius 2 is 1.75 bits per heavy atom. The second-order valence-electron chi connectivity index (χ2n) is 7.11. The Kier molecular flexibility index (Phi) is 7.79. The standard InChI is InChI=1S/C23H22Cl2N2O4S/c1-15-12-18(9-11-22(15)31-2)32(29,30)27-21(13-16-6-4-3-5-7-16)23(28)26-20-14-17(24)8-10-19(20)25/h3-12,14,21,27H,13H2,1-2H3,(H,26,28)/t21-/m1/s1. The molecular weight excluding hydrogens is 471 g/mol. The predicted molar refractivity (Wildman–Crippen MR) is 127 cm³/mol. The van der Waals surface area contributed by atoms with Crippen molar-refractivity contribution in [3.05, 3.63) is 87.9 Å². The lowest BCUT2D eigenvalue weighted by molar-refractivity contribution is -0.117. The van der Waals surface area contributed by atoms with Crippen molar-refractivity contribution in [2.24, 2.45) is 0 Å². The molecule has 0 unspecified atom stereocenters. The van der Waals surface area contributed by atoms with Gasteiger partial charge in [0.2, 0.25) is 15.9 Å². The first-order chi connectivity index (χ1) is 15.2. The first-order valence-electron chi connectivity index (χ1n) is 9.66. The van der Waals surface area contributed by atoms with E-state index in [0.29, 0.717) is 22.0 Å². The Bertz CT molecular complexity index is 1220. The van der Waals surface area contributed by atoms with Crippen LogP contribution in [0, 0.1) is 6.92 Å². The molecular formula is C23H22Cl2N2O4S. The smallest absolute Gasteiger partial charge is 0.242 e. The first-order valence-corrected chi connectivity index (χ1v) is 11.9. The molecule has 1 amide bonds. The van der Waals surface area contributed by atoms with Gasteiger partial charge in [-0.05, 0) is 60.9 Å². The van der Waals surface area contributed by atoms with Crippen molar-refractivity contribution in [2.75, 3.05) is 12.4 Å². The predicted octanol–water partition coefficient (Wildman–Crippen LogP) is 4.84. The minimum absolute atomic E-state index is 0.0300. The van der Waals surface area contributed by atoms with E-state index in [0.717, 1.165) is 5.56 Å². The van der Waals surface area contributed by atoms with Crippen LogP contribution in [-0.2, 0) is 21.2 Å². The van der Waals surface area contributed by atoms with E-state index in [-0.39, 0.29) is 16.3 Å². The number of amides is 1. The number of methoxy groups -OCH3 is 1. The van der Waals surface area contributed by atoms with Crippen LogP contribution in [0.3, 0.4) is 0 Å². The lowest BCUT2D eigenvalue weighted by Gasteiger charge is -2.20. The van der Waals surface area contributed by atoms with Gasteiger partial charge in [-0.25, -0.2) is 8.42 Å². The Labute approximate surface area is 197 Å². The van der Waals surface area contributed by atoms with Gasteiger partial charge in [-0.2, -0.15) is 4.72 Å². The first kappa shape index (κ1) is 24.1. The van der Waals surface area contributed by atoms with E-state index < -0.39 is 22.0 Å². The highest BCUT2D eigenvalue weighted by Crippen LogP contribution is 2.26. The molecule has 0 heterocycles. The van der Waals surface area contributed by atoms with Crippen molar-refractivity contribution in [1.29, 1.82) is 0 Å². The van der Waals surface area contributed by atoms with Gasteiger partial charge in [0.1, 0.15) is 11.8 Å². The number of hydrogen-bond acceptors (Lipinski definition) is 4. The van der Waals surface area contributed by atoms with E-state index in [2.05, 4.69) is 10.0 Å². The average Bonchev–Trinajstić information content (AvgIpc) is 2.76. The molecule has 3 aromatic rings. The number of halogens is 2. The van der Waals surface area contributed by atoms with E-state index in [1.165, 1.54) is 25.3 Å². The summed E-state index contributed by atoms with van der Waals surface area (Å²) in [4.78, 5) is 13.1. The van der Waals surface area contributed by atoms with Gasteiger partial charge >= 0.3 is 0 Å². The lowest BCUT2D eigenvalue weighted by atomic mass is 10.1. The number of ether oxygens (including phenoxy) is 1. The van der Waals surface area contributed by atoms with Gasteiger partial charge in [0.25, 0.3) is 0 Å². The molecule has 0 saturated carbocycles. The number of carbonyl (C=O) groups excluding carboxylic acids is 1. The Morgan fingerprint density at radius 1 is 1.03 bits per heavy atom. The van der Waals surface area contributed by atoms with E-state index in [1.54, 1.807) is 25.1 Å². The molecule has 0 radical (unpaired) electrons. The number of sulfonamides is 1. The van der Waals surface area contributed by atoms with E-state index in [4.69, 9.17) is 27.9 Å². The number of aryl methyl sites for hydroxylation is 1. The van der Waals surface area contributed by atoms with Crippen LogP contribution in [0.2, 0.25) is 10.0 Å². The maximum atomic E-state index is 13.1. The monoisotopic (exact) mass is 492 g/mol. The van der Waals surface area contributed by atoms with Crippen molar-refractivity contribution in [2.45, 2.75) is 24.3 Å². The zero-order valence-corrected chi connectivity index (χ0v) is 19.8. The van der Waals surface area contributed by atoms with Crippen LogP contribution in [0.4, 0.5) is 5.69 Å². The van der Waals surface area contributed by atoms with Crippen LogP contribution in [0.15, 0.2) is 71.6 Å². The average molecular weight is 493 g/mol. The van der Waals surface area contributed by atoms with Crippen LogP contribution in [0.25, 0.3) is 0 Å². The van der Waals surface area contributed by atoms with Crippen LogP contribution < -0.4 is 14.8 Å². The van der Waals surface area contributed by atoms with Gasteiger partial charge in [0, 0.05) is 5.02 Å². The molecule has 0 aliphatic heterocycles. The number of benzene rings is 3. The molecule has 0 aliphatic carbocycles. The zero-order chi connectivity index (χ0) is 23.3. The number of anilines is 1. The minimum Gasteiger partial charge on any atom is -0.496 e. The molecule has 9 heteroatoms. The fraction of sp³-hybridized carbons (Fsp3) is 0.174. The van der Waals surface area contributed by atoms with Crippen LogP contribution in [-0.4, -0.2) is 27.5 Å². The summed E-state index contributed by atoms with van der Waals surface area (Å²) < 4.78 is 33.9. The number of carbonyl (C=O) groups is 1. The van der Waals surface area contributed by atoms with Gasteiger partial charge in [-0.15, -0.1) is 0 Å². The molecule has 32 heavy (non-hydrogen) atoms. The van der Waals surface area contributed by atoms with E-state index in [9.17, 15) is 13.2 Å². The largest absolute Gasteiger partial charge is 0.496 e. The maximum Gasteiger partial charge on any atom is 0.242 e. The molecule has 0 spiro atoms. The van der Waals surface area contributed by atoms with E-state index in [1.807, 2.05) is 30.3 Å². The lowest BCUT2D eigenvalue weighted by Crippen LogP contribution is -2.45. The summed E-state index contributed by atoms with van der Waals surface area (Å²) in [6, 6.07) is 17.2. The quantitative estimate of drug-likeness (QED) is 0.471. The highest BCUT2D eigenvalue weighted by molar-refractivity contribution is 7.89. The van der Waals surface area contributed by atoms with E-state index >= 15 is 0 Å². The van der Waals surface area contributed by atoms with Crippen LogP contribution in [0.5, 0.6) is 5.75 Å². The van der Waals surface area contributed by atoms with Gasteiger partial charge in [0.15, 0.2) is 0 Å². The third-order valence-corrected chi connectivity index (χ3v) is 6.79. The Balaban J connectivity index is 1.90. The molecule has 2 N–H and O–H groups in total. The fourth-order valence-corrected chi connectivity index (χ4v) is 4.74. The number of nitrogens with one attached hydrogen (secondary N) is 2. The molecule has 0 aliphatic rings. The van der Waals surface area contributed by atoms with Crippen molar-refractivity contribution in [3.8, 4) is 5.75 Å². The molecule has 0 aromatic heterocycles. The number of rotatable bonds is 8. The molecule has 3 aromatic carbocycles. The van der Waals surface area contributed by atoms with Gasteiger partial charge in [-0.1, -0.05) is 53.5 Å². The fourth-order valence-electron chi connectivity index (χ4n) is 3.12. The molecule has 1 atom stereocenters.